The topological polar surface area (TPSA) is 12.0 Å². The molecule has 0 aliphatic heterocycles. The summed E-state index contributed by atoms with van der Waals surface area (Å²) in [4.78, 5) is 1.26. The molecule has 0 unspecified atom stereocenters. The van der Waals surface area contributed by atoms with Crippen molar-refractivity contribution < 1.29 is 4.39 Å². The molecular formula is C13H12BrClFNS. The highest BCUT2D eigenvalue weighted by Gasteiger charge is 2.04. The summed E-state index contributed by atoms with van der Waals surface area (Å²) in [5.41, 5.74) is 0.930. The van der Waals surface area contributed by atoms with E-state index >= 15 is 0 Å². The average molecular weight is 349 g/mol. The van der Waals surface area contributed by atoms with E-state index in [9.17, 15) is 4.39 Å². The molecule has 0 saturated heterocycles. The zero-order chi connectivity index (χ0) is 13.0. The Morgan fingerprint density at radius 2 is 2.11 bits per heavy atom. The van der Waals surface area contributed by atoms with Crippen molar-refractivity contribution in [3.05, 3.63) is 55.4 Å². The largest absolute Gasteiger partial charge is 0.312 e. The maximum absolute atomic E-state index is 13.3. The fourth-order valence-electron chi connectivity index (χ4n) is 1.61. The summed E-state index contributed by atoms with van der Waals surface area (Å²) in [6.45, 7) is 1.50. The molecule has 0 bridgehead atoms. The van der Waals surface area contributed by atoms with Crippen molar-refractivity contribution in [1.82, 2.24) is 5.32 Å². The van der Waals surface area contributed by atoms with Crippen LogP contribution in [0, 0.1) is 5.82 Å². The van der Waals surface area contributed by atoms with Crippen LogP contribution in [0.4, 0.5) is 4.39 Å². The first-order chi connectivity index (χ1) is 8.66. The Hall–Kier alpha value is -0.420. The molecule has 0 fully saturated rings. The standard InChI is InChI=1S/C13H12BrClFNS/c14-13-9(2-1-3-11(13)16)8-17-7-6-10-4-5-12(15)18-10/h1-5,17H,6-8H2. The molecule has 1 N–H and O–H groups in total. The molecule has 0 aliphatic carbocycles. The summed E-state index contributed by atoms with van der Waals surface area (Å²) in [6.07, 6.45) is 0.935. The van der Waals surface area contributed by atoms with E-state index in [0.29, 0.717) is 11.0 Å². The van der Waals surface area contributed by atoms with Crippen LogP contribution in [-0.4, -0.2) is 6.54 Å². The van der Waals surface area contributed by atoms with Gasteiger partial charge in [0, 0.05) is 18.0 Å². The Labute approximate surface area is 123 Å². The van der Waals surface area contributed by atoms with E-state index in [-0.39, 0.29) is 5.82 Å². The van der Waals surface area contributed by atoms with E-state index in [1.54, 1.807) is 17.4 Å². The second-order valence-electron chi connectivity index (χ2n) is 3.85. The molecule has 0 amide bonds. The third kappa shape index (κ3) is 3.79. The Morgan fingerprint density at radius 1 is 1.28 bits per heavy atom. The summed E-state index contributed by atoms with van der Waals surface area (Å²) >= 11 is 10.7. The molecule has 0 aliphatic rings. The third-order valence-corrected chi connectivity index (χ3v) is 4.70. The summed E-state index contributed by atoms with van der Waals surface area (Å²) in [6, 6.07) is 9.01. The summed E-state index contributed by atoms with van der Waals surface area (Å²) in [5.74, 6) is -0.223. The first-order valence-electron chi connectivity index (χ1n) is 5.54. The van der Waals surface area contributed by atoms with Gasteiger partial charge < -0.3 is 5.32 Å². The van der Waals surface area contributed by atoms with Crippen molar-refractivity contribution in [2.45, 2.75) is 13.0 Å². The minimum atomic E-state index is -0.223. The predicted octanol–water partition coefficient (Wildman–Crippen LogP) is 4.64. The first-order valence-corrected chi connectivity index (χ1v) is 7.53. The van der Waals surface area contributed by atoms with Gasteiger partial charge in [0.2, 0.25) is 0 Å². The number of halogens is 3. The SMILES string of the molecule is Fc1cccc(CNCCc2ccc(Cl)s2)c1Br. The van der Waals surface area contributed by atoms with Gasteiger partial charge >= 0.3 is 0 Å². The molecule has 18 heavy (non-hydrogen) atoms. The maximum atomic E-state index is 13.3. The fourth-order valence-corrected chi connectivity index (χ4v) is 3.10. The van der Waals surface area contributed by atoms with Crippen LogP contribution in [0.15, 0.2) is 34.8 Å². The second-order valence-corrected chi connectivity index (χ2v) is 6.44. The van der Waals surface area contributed by atoms with E-state index in [2.05, 4.69) is 21.2 Å². The molecule has 0 radical (unpaired) electrons. The second kappa shape index (κ2) is 6.66. The average Bonchev–Trinajstić information content (AvgIpc) is 2.76. The molecule has 2 aromatic rings. The lowest BCUT2D eigenvalue weighted by atomic mass is 10.2. The van der Waals surface area contributed by atoms with Crippen molar-refractivity contribution in [3.63, 3.8) is 0 Å². The molecule has 5 heteroatoms. The van der Waals surface area contributed by atoms with Gasteiger partial charge in [-0.3, -0.25) is 0 Å². The molecule has 0 atom stereocenters. The van der Waals surface area contributed by atoms with Crippen LogP contribution < -0.4 is 5.32 Å². The van der Waals surface area contributed by atoms with Gasteiger partial charge in [-0.15, -0.1) is 11.3 Å². The molecule has 1 nitrogen and oxygen atoms in total. The smallest absolute Gasteiger partial charge is 0.137 e. The quantitative estimate of drug-likeness (QED) is 0.777. The van der Waals surface area contributed by atoms with Crippen molar-refractivity contribution in [2.75, 3.05) is 6.54 Å². The highest BCUT2D eigenvalue weighted by atomic mass is 79.9. The zero-order valence-electron chi connectivity index (χ0n) is 9.55. The van der Waals surface area contributed by atoms with Crippen LogP contribution in [0.2, 0.25) is 4.34 Å². The molecule has 96 valence electrons. The van der Waals surface area contributed by atoms with Gasteiger partial charge in [-0.2, -0.15) is 0 Å². The summed E-state index contributed by atoms with van der Waals surface area (Å²) in [7, 11) is 0. The highest BCUT2D eigenvalue weighted by molar-refractivity contribution is 9.10. The third-order valence-electron chi connectivity index (χ3n) is 2.52. The highest BCUT2D eigenvalue weighted by Crippen LogP contribution is 2.22. The number of hydrogen-bond acceptors (Lipinski definition) is 2. The molecule has 2 rings (SSSR count). The zero-order valence-corrected chi connectivity index (χ0v) is 12.7. The predicted molar refractivity (Wildman–Crippen MR) is 78.8 cm³/mol. The van der Waals surface area contributed by atoms with Gasteiger partial charge in [-0.05, 0) is 46.1 Å². The van der Waals surface area contributed by atoms with E-state index in [0.717, 1.165) is 22.9 Å². The van der Waals surface area contributed by atoms with Crippen LogP contribution in [0.3, 0.4) is 0 Å². The molecule has 1 aromatic heterocycles. The van der Waals surface area contributed by atoms with Crippen LogP contribution in [0.1, 0.15) is 10.4 Å². The van der Waals surface area contributed by atoms with Gasteiger partial charge in [0.15, 0.2) is 0 Å². The number of rotatable bonds is 5. The number of thiophene rings is 1. The van der Waals surface area contributed by atoms with Crippen molar-refractivity contribution >= 4 is 38.9 Å². The van der Waals surface area contributed by atoms with E-state index in [1.165, 1.54) is 10.9 Å². The Morgan fingerprint density at radius 3 is 2.83 bits per heavy atom. The van der Waals surface area contributed by atoms with Gasteiger partial charge in [-0.1, -0.05) is 23.7 Å². The van der Waals surface area contributed by atoms with Crippen LogP contribution in [-0.2, 0) is 13.0 Å². The van der Waals surface area contributed by atoms with E-state index < -0.39 is 0 Å². The van der Waals surface area contributed by atoms with Gasteiger partial charge in [0.1, 0.15) is 5.82 Å². The minimum absolute atomic E-state index is 0.223. The fraction of sp³-hybridized carbons (Fsp3) is 0.231. The maximum Gasteiger partial charge on any atom is 0.137 e. The van der Waals surface area contributed by atoms with Crippen LogP contribution in [0.5, 0.6) is 0 Å². The first kappa shape index (κ1) is 14.0. The monoisotopic (exact) mass is 347 g/mol. The van der Waals surface area contributed by atoms with Gasteiger partial charge in [0.05, 0.1) is 8.81 Å². The van der Waals surface area contributed by atoms with Gasteiger partial charge in [-0.25, -0.2) is 4.39 Å². The number of benzene rings is 1. The van der Waals surface area contributed by atoms with Crippen molar-refractivity contribution in [2.24, 2.45) is 0 Å². The van der Waals surface area contributed by atoms with Crippen molar-refractivity contribution in [3.8, 4) is 0 Å². The lowest BCUT2D eigenvalue weighted by Gasteiger charge is -2.06. The molecular weight excluding hydrogens is 337 g/mol. The summed E-state index contributed by atoms with van der Waals surface area (Å²) < 4.78 is 14.6. The number of nitrogens with one attached hydrogen (secondary N) is 1. The molecule has 0 saturated carbocycles. The Kier molecular flexibility index (Phi) is 5.18. The molecule has 0 spiro atoms. The van der Waals surface area contributed by atoms with Gasteiger partial charge in [0.25, 0.3) is 0 Å². The number of hydrogen-bond donors (Lipinski definition) is 1. The van der Waals surface area contributed by atoms with Crippen LogP contribution >= 0.6 is 38.9 Å². The Balaban J connectivity index is 1.80. The molecule has 1 aromatic carbocycles. The lowest BCUT2D eigenvalue weighted by molar-refractivity contribution is 0.612. The Bertz CT molecular complexity index is 529. The van der Waals surface area contributed by atoms with Crippen molar-refractivity contribution in [1.29, 1.82) is 0 Å². The molecule has 1 heterocycles. The van der Waals surface area contributed by atoms with E-state index in [1.807, 2.05) is 18.2 Å². The van der Waals surface area contributed by atoms with E-state index in [4.69, 9.17) is 11.6 Å². The lowest BCUT2D eigenvalue weighted by Crippen LogP contribution is -2.16. The normalized spacial score (nSPS) is 10.8. The van der Waals surface area contributed by atoms with Crippen LogP contribution in [0.25, 0.3) is 0 Å². The minimum Gasteiger partial charge on any atom is -0.312 e. The summed E-state index contributed by atoms with van der Waals surface area (Å²) in [5, 5.41) is 3.29.